The van der Waals surface area contributed by atoms with Crippen molar-refractivity contribution in [3.8, 4) is 0 Å². The number of aromatic nitrogens is 3. The van der Waals surface area contributed by atoms with Crippen molar-refractivity contribution in [3.63, 3.8) is 0 Å². The van der Waals surface area contributed by atoms with Crippen LogP contribution >= 0.6 is 0 Å². The van der Waals surface area contributed by atoms with Crippen LogP contribution in [0.3, 0.4) is 0 Å². The minimum absolute atomic E-state index is 0.0216. The maximum absolute atomic E-state index is 14.3. The van der Waals surface area contributed by atoms with Crippen LogP contribution in [-0.2, 0) is 16.1 Å². The van der Waals surface area contributed by atoms with Crippen LogP contribution in [0, 0.1) is 11.8 Å². The van der Waals surface area contributed by atoms with E-state index < -0.39 is 5.54 Å². The lowest BCUT2D eigenvalue weighted by atomic mass is 9.85. The quantitative estimate of drug-likeness (QED) is 0.354. The third-order valence-corrected chi connectivity index (χ3v) is 10.5. The predicted octanol–water partition coefficient (Wildman–Crippen LogP) is 2.83. The fourth-order valence-corrected chi connectivity index (χ4v) is 8.07. The summed E-state index contributed by atoms with van der Waals surface area (Å²) in [6.07, 6.45) is 4.21. The second kappa shape index (κ2) is 11.5. The Kier molecular flexibility index (Phi) is 7.20. The van der Waals surface area contributed by atoms with Gasteiger partial charge in [0, 0.05) is 63.1 Å². The zero-order valence-electron chi connectivity index (χ0n) is 25.8. The number of carbonyl (C=O) groups excluding carboxylic acids is 3. The summed E-state index contributed by atoms with van der Waals surface area (Å²) in [5, 5.41) is 7.60. The molecule has 11 heteroatoms. The van der Waals surface area contributed by atoms with E-state index in [4.69, 9.17) is 0 Å². The third kappa shape index (κ3) is 5.08. The Hall–Kier alpha value is -4.77. The van der Waals surface area contributed by atoms with E-state index in [0.29, 0.717) is 55.6 Å². The van der Waals surface area contributed by atoms with E-state index in [2.05, 4.69) is 49.2 Å². The molecule has 4 aliphatic rings. The molecule has 8 rings (SSSR count). The number of benzene rings is 2. The van der Waals surface area contributed by atoms with E-state index in [0.717, 1.165) is 43.8 Å². The number of pyridine rings is 1. The van der Waals surface area contributed by atoms with Gasteiger partial charge in [-0.05, 0) is 48.4 Å². The van der Waals surface area contributed by atoms with Gasteiger partial charge in [0.1, 0.15) is 12.1 Å². The summed E-state index contributed by atoms with van der Waals surface area (Å²) in [6.45, 7) is 5.76. The number of hydrogen-bond acceptors (Lipinski definition) is 7. The third-order valence-electron chi connectivity index (χ3n) is 10.5. The largest absolute Gasteiger partial charge is 0.340 e. The molecule has 46 heavy (non-hydrogen) atoms. The van der Waals surface area contributed by atoms with Gasteiger partial charge >= 0.3 is 0 Å². The Morgan fingerprint density at radius 2 is 1.57 bits per heavy atom. The second-order valence-electron chi connectivity index (χ2n) is 13.3. The van der Waals surface area contributed by atoms with E-state index in [1.165, 1.54) is 5.56 Å². The van der Waals surface area contributed by atoms with Crippen molar-refractivity contribution in [3.05, 3.63) is 90.3 Å². The summed E-state index contributed by atoms with van der Waals surface area (Å²) in [5.74, 6) is 0.848. The predicted molar refractivity (Wildman–Crippen MR) is 173 cm³/mol. The number of para-hydroxylation sites is 1. The van der Waals surface area contributed by atoms with Crippen molar-refractivity contribution in [2.24, 2.45) is 11.8 Å². The Morgan fingerprint density at radius 1 is 0.870 bits per heavy atom. The first-order valence-electron chi connectivity index (χ1n) is 16.2. The molecule has 3 amide bonds. The number of carbonyl (C=O) groups is 3. The summed E-state index contributed by atoms with van der Waals surface area (Å²) in [4.78, 5) is 55.9. The molecule has 236 valence electrons. The Balaban J connectivity index is 0.934. The van der Waals surface area contributed by atoms with Crippen LogP contribution in [0.25, 0.3) is 11.0 Å². The van der Waals surface area contributed by atoms with Crippen LogP contribution < -0.4 is 4.90 Å². The van der Waals surface area contributed by atoms with Gasteiger partial charge in [-0.3, -0.25) is 24.4 Å². The molecule has 1 spiro atoms. The maximum Gasteiger partial charge on any atom is 0.255 e. The number of rotatable bonds is 6. The van der Waals surface area contributed by atoms with Crippen molar-refractivity contribution in [2.75, 3.05) is 57.4 Å². The van der Waals surface area contributed by atoms with Crippen molar-refractivity contribution < 1.29 is 14.4 Å². The number of amides is 3. The number of aromatic amines is 1. The molecule has 4 saturated heterocycles. The molecule has 2 unspecified atom stereocenters. The molecule has 0 saturated carbocycles. The van der Waals surface area contributed by atoms with Gasteiger partial charge in [-0.2, -0.15) is 5.10 Å². The maximum atomic E-state index is 14.3. The van der Waals surface area contributed by atoms with Crippen molar-refractivity contribution in [1.82, 2.24) is 34.8 Å². The van der Waals surface area contributed by atoms with Crippen molar-refractivity contribution >= 4 is 34.4 Å². The highest BCUT2D eigenvalue weighted by atomic mass is 16.2. The average molecular weight is 619 g/mol. The van der Waals surface area contributed by atoms with E-state index in [9.17, 15) is 14.4 Å². The summed E-state index contributed by atoms with van der Waals surface area (Å²) in [5.41, 5.74) is 2.62. The number of nitrogens with one attached hydrogen (secondary N) is 1. The molecule has 2 aromatic heterocycles. The number of anilines is 1. The highest BCUT2D eigenvalue weighted by Crippen LogP contribution is 2.40. The van der Waals surface area contributed by atoms with Gasteiger partial charge in [0.2, 0.25) is 5.91 Å². The molecule has 2 atom stereocenters. The normalized spacial score (nSPS) is 22.7. The van der Waals surface area contributed by atoms with Gasteiger partial charge in [-0.25, -0.2) is 4.98 Å². The molecule has 4 aromatic rings. The number of nitrogens with zero attached hydrogens (tertiary/aromatic N) is 7. The number of piperidine rings is 1. The SMILES string of the molecule is O=C(CN1CN(c2ccccc2)C2(CCN(C(=O)c3cnc4[nH]ncc4c3)CC2)C1=O)N1CC2CN(Cc3ccccc3)CC2C1. The Labute approximate surface area is 267 Å². The molecule has 11 nitrogen and oxygen atoms in total. The lowest BCUT2D eigenvalue weighted by Gasteiger charge is -2.43. The zero-order chi connectivity index (χ0) is 31.3. The van der Waals surface area contributed by atoms with Crippen molar-refractivity contribution in [2.45, 2.75) is 24.9 Å². The molecule has 1 N–H and O–H groups in total. The van der Waals surface area contributed by atoms with Crippen molar-refractivity contribution in [1.29, 1.82) is 0 Å². The highest BCUT2D eigenvalue weighted by molar-refractivity contribution is 5.98. The molecule has 0 radical (unpaired) electrons. The van der Waals surface area contributed by atoms with Crippen LogP contribution in [0.4, 0.5) is 5.69 Å². The Bertz CT molecular complexity index is 1740. The van der Waals surface area contributed by atoms with Gasteiger partial charge in [0.15, 0.2) is 5.65 Å². The minimum atomic E-state index is -0.801. The Morgan fingerprint density at radius 3 is 2.28 bits per heavy atom. The van der Waals surface area contributed by atoms with Crippen LogP contribution in [0.1, 0.15) is 28.8 Å². The summed E-state index contributed by atoms with van der Waals surface area (Å²) in [6, 6.07) is 22.3. The molecule has 4 fully saturated rings. The number of fused-ring (bicyclic) bond motifs is 2. The lowest BCUT2D eigenvalue weighted by Crippen LogP contribution is -2.57. The zero-order valence-corrected chi connectivity index (χ0v) is 25.8. The van der Waals surface area contributed by atoms with Gasteiger partial charge in [0.25, 0.3) is 11.8 Å². The summed E-state index contributed by atoms with van der Waals surface area (Å²) >= 11 is 0. The van der Waals surface area contributed by atoms with Gasteiger partial charge < -0.3 is 19.6 Å². The fourth-order valence-electron chi connectivity index (χ4n) is 8.07. The number of likely N-dealkylation sites (tertiary alicyclic amines) is 3. The first-order valence-corrected chi connectivity index (χ1v) is 16.2. The van der Waals surface area contributed by atoms with Gasteiger partial charge in [-0.1, -0.05) is 48.5 Å². The van der Waals surface area contributed by atoms with Gasteiger partial charge in [0.05, 0.1) is 18.4 Å². The van der Waals surface area contributed by atoms with Crippen LogP contribution in [0.2, 0.25) is 0 Å². The fraction of sp³-hybridized carbons (Fsp3) is 0.400. The first-order chi connectivity index (χ1) is 22.5. The molecule has 0 bridgehead atoms. The van der Waals surface area contributed by atoms with Crippen LogP contribution in [0.15, 0.2) is 79.1 Å². The van der Waals surface area contributed by atoms with Crippen LogP contribution in [0.5, 0.6) is 0 Å². The molecular weight excluding hydrogens is 580 g/mol. The molecular formula is C35H38N8O3. The first kappa shape index (κ1) is 28.7. The molecule has 6 heterocycles. The smallest absolute Gasteiger partial charge is 0.255 e. The molecule has 2 aromatic carbocycles. The van der Waals surface area contributed by atoms with E-state index in [1.54, 1.807) is 23.4 Å². The van der Waals surface area contributed by atoms with E-state index >= 15 is 0 Å². The summed E-state index contributed by atoms with van der Waals surface area (Å²) in [7, 11) is 0. The van der Waals surface area contributed by atoms with Gasteiger partial charge in [-0.15, -0.1) is 0 Å². The van der Waals surface area contributed by atoms with Crippen LogP contribution in [-0.4, -0.2) is 111 Å². The standard InChI is InChI=1S/C35H38N8O3/c44-31(41-21-28-19-39(20-29(28)22-41)18-25-7-3-1-4-8-25)23-42-24-43(30-9-5-2-6-10-30)35(34(42)46)11-13-40(14-12-35)33(45)27-15-26-17-37-38-32(26)36-16-27/h1-10,15-17,28-29H,11-14,18-24H2,(H,36,37,38). The summed E-state index contributed by atoms with van der Waals surface area (Å²) < 4.78 is 0. The minimum Gasteiger partial charge on any atom is -0.340 e. The lowest BCUT2D eigenvalue weighted by molar-refractivity contribution is -0.140. The van der Waals surface area contributed by atoms with E-state index in [-0.39, 0.29) is 24.3 Å². The average Bonchev–Trinajstić information content (AvgIpc) is 3.86. The molecule has 0 aliphatic carbocycles. The monoisotopic (exact) mass is 618 g/mol. The second-order valence-corrected chi connectivity index (χ2v) is 13.3. The highest BCUT2D eigenvalue weighted by Gasteiger charge is 2.55. The number of H-pyrrole nitrogens is 1. The number of hydrogen-bond donors (Lipinski definition) is 1. The van der Waals surface area contributed by atoms with E-state index in [1.807, 2.05) is 46.2 Å². The molecule has 4 aliphatic heterocycles. The topological polar surface area (TPSA) is 109 Å².